The van der Waals surface area contributed by atoms with Crippen molar-refractivity contribution in [1.29, 1.82) is 0 Å². The van der Waals surface area contributed by atoms with Crippen molar-refractivity contribution in [1.82, 2.24) is 19.9 Å². The molecule has 0 spiro atoms. The highest BCUT2D eigenvalue weighted by Crippen LogP contribution is 2.34. The third-order valence-electron chi connectivity index (χ3n) is 5.57. The van der Waals surface area contributed by atoms with Crippen LogP contribution in [-0.2, 0) is 4.74 Å². The Hall–Kier alpha value is -2.55. The summed E-state index contributed by atoms with van der Waals surface area (Å²) in [6, 6.07) is 2.32. The van der Waals surface area contributed by atoms with E-state index >= 15 is 0 Å². The van der Waals surface area contributed by atoms with Gasteiger partial charge in [-0.15, -0.1) is 0 Å². The lowest BCUT2D eigenvalue weighted by atomic mass is 10.1. The Labute approximate surface area is 156 Å². The molecule has 0 aromatic carbocycles. The molecule has 0 amide bonds. The Morgan fingerprint density at radius 1 is 1.15 bits per heavy atom. The van der Waals surface area contributed by atoms with E-state index in [9.17, 15) is 4.39 Å². The number of alkyl halides is 1. The quantitative estimate of drug-likeness (QED) is 0.866. The second-order valence-corrected chi connectivity index (χ2v) is 7.40. The number of ether oxygens (including phenoxy) is 1. The van der Waals surface area contributed by atoms with Gasteiger partial charge in [-0.25, -0.2) is 19.3 Å². The van der Waals surface area contributed by atoms with Gasteiger partial charge in [-0.1, -0.05) is 0 Å². The van der Waals surface area contributed by atoms with Crippen molar-refractivity contribution < 1.29 is 9.13 Å². The number of aromatic nitrogens is 4. The Morgan fingerprint density at radius 3 is 2.59 bits per heavy atom. The molecule has 3 saturated heterocycles. The fourth-order valence-electron chi connectivity index (χ4n) is 4.06. The van der Waals surface area contributed by atoms with Gasteiger partial charge in [0.05, 0.1) is 24.4 Å². The zero-order chi connectivity index (χ0) is 18.4. The van der Waals surface area contributed by atoms with Gasteiger partial charge in [0.2, 0.25) is 11.9 Å². The van der Waals surface area contributed by atoms with E-state index in [0.717, 1.165) is 36.6 Å². The van der Waals surface area contributed by atoms with Crippen LogP contribution >= 0.6 is 0 Å². The molecule has 142 valence electrons. The smallest absolute Gasteiger partial charge is 0.227 e. The number of morpholine rings is 1. The van der Waals surface area contributed by atoms with Crippen LogP contribution in [0.1, 0.15) is 19.3 Å². The van der Waals surface area contributed by atoms with Crippen LogP contribution in [0.4, 0.5) is 22.1 Å². The third-order valence-corrected chi connectivity index (χ3v) is 5.57. The van der Waals surface area contributed by atoms with Gasteiger partial charge in [-0.2, -0.15) is 4.98 Å². The predicted molar refractivity (Wildman–Crippen MR) is 99.3 cm³/mol. The van der Waals surface area contributed by atoms with Crippen molar-refractivity contribution in [2.24, 2.45) is 0 Å². The van der Waals surface area contributed by atoms with E-state index in [-0.39, 0.29) is 12.1 Å². The van der Waals surface area contributed by atoms with E-state index in [2.05, 4.69) is 19.8 Å². The van der Waals surface area contributed by atoms with Crippen molar-refractivity contribution in [2.45, 2.75) is 37.6 Å². The normalized spacial score (nSPS) is 25.4. The lowest BCUT2D eigenvalue weighted by Crippen LogP contribution is -2.39. The minimum Gasteiger partial charge on any atom is -0.374 e. The van der Waals surface area contributed by atoms with E-state index in [0.29, 0.717) is 37.9 Å². The van der Waals surface area contributed by atoms with Gasteiger partial charge < -0.3 is 20.3 Å². The van der Waals surface area contributed by atoms with Crippen LogP contribution in [0.5, 0.6) is 0 Å². The average Bonchev–Trinajstić information content (AvgIpc) is 3.32. The monoisotopic (exact) mass is 371 g/mol. The molecule has 2 aromatic rings. The molecule has 2 atom stereocenters. The summed E-state index contributed by atoms with van der Waals surface area (Å²) in [5.41, 5.74) is 7.15. The summed E-state index contributed by atoms with van der Waals surface area (Å²) in [6.45, 7) is 2.82. The van der Waals surface area contributed by atoms with Crippen molar-refractivity contribution in [3.63, 3.8) is 0 Å². The maximum Gasteiger partial charge on any atom is 0.227 e. The van der Waals surface area contributed by atoms with Crippen LogP contribution in [-0.4, -0.2) is 64.5 Å². The van der Waals surface area contributed by atoms with Gasteiger partial charge in [0.25, 0.3) is 0 Å². The number of anilines is 3. The summed E-state index contributed by atoms with van der Waals surface area (Å²) in [5, 5.41) is 0. The Balaban J connectivity index is 1.53. The SMILES string of the molecule is Nc1ncc(-c2cc(N3C[C@@H]4C[C@H]3CO4)nc(N3CCC(F)CC3)n2)cn1. The Bertz CT molecular complexity index is 825. The van der Waals surface area contributed by atoms with Gasteiger partial charge in [0, 0.05) is 43.7 Å². The fraction of sp³-hybridized carbons (Fsp3) is 0.556. The van der Waals surface area contributed by atoms with Gasteiger partial charge in [0.1, 0.15) is 12.0 Å². The predicted octanol–water partition coefficient (Wildman–Crippen LogP) is 1.43. The van der Waals surface area contributed by atoms with E-state index in [4.69, 9.17) is 20.4 Å². The summed E-state index contributed by atoms with van der Waals surface area (Å²) < 4.78 is 19.3. The largest absolute Gasteiger partial charge is 0.374 e. The van der Waals surface area contributed by atoms with Crippen molar-refractivity contribution in [3.8, 4) is 11.3 Å². The zero-order valence-electron chi connectivity index (χ0n) is 15.0. The van der Waals surface area contributed by atoms with Crippen molar-refractivity contribution >= 4 is 17.7 Å². The van der Waals surface area contributed by atoms with Gasteiger partial charge in [-0.3, -0.25) is 0 Å². The molecule has 5 rings (SSSR count). The fourth-order valence-corrected chi connectivity index (χ4v) is 4.06. The molecule has 0 aliphatic carbocycles. The van der Waals surface area contributed by atoms with E-state index in [1.165, 1.54) is 0 Å². The molecule has 5 heterocycles. The first-order chi connectivity index (χ1) is 13.2. The first-order valence-corrected chi connectivity index (χ1v) is 9.40. The topological polar surface area (TPSA) is 93.3 Å². The number of fused-ring (bicyclic) bond motifs is 2. The van der Waals surface area contributed by atoms with Crippen molar-refractivity contribution in [2.75, 3.05) is 41.8 Å². The first kappa shape index (κ1) is 16.6. The zero-order valence-corrected chi connectivity index (χ0v) is 15.0. The van der Waals surface area contributed by atoms with E-state index < -0.39 is 6.17 Å². The third kappa shape index (κ3) is 3.16. The standard InChI is InChI=1S/C18H22FN7O/c19-12-1-3-25(4-2-12)18-23-15(11-7-21-17(20)22-8-11)6-16(24-18)26-9-14-5-13(26)10-27-14/h6-8,12-14H,1-5,9-10H2,(H2,20,21,22)/t13-,14-/m0/s1. The minimum atomic E-state index is -0.735. The lowest BCUT2D eigenvalue weighted by Gasteiger charge is -2.32. The van der Waals surface area contributed by atoms with Crippen LogP contribution in [0.3, 0.4) is 0 Å². The second kappa shape index (κ2) is 6.56. The number of piperidine rings is 1. The molecular weight excluding hydrogens is 349 g/mol. The molecule has 2 aromatic heterocycles. The van der Waals surface area contributed by atoms with Crippen LogP contribution in [0.2, 0.25) is 0 Å². The van der Waals surface area contributed by atoms with Crippen LogP contribution in [0, 0.1) is 0 Å². The molecule has 3 aliphatic rings. The molecule has 3 aliphatic heterocycles. The number of halogens is 1. The highest BCUT2D eigenvalue weighted by atomic mass is 19.1. The summed E-state index contributed by atoms with van der Waals surface area (Å²) in [7, 11) is 0. The maximum absolute atomic E-state index is 13.6. The molecule has 2 bridgehead atoms. The Morgan fingerprint density at radius 2 is 1.93 bits per heavy atom. The minimum absolute atomic E-state index is 0.229. The molecule has 0 saturated carbocycles. The van der Waals surface area contributed by atoms with E-state index in [1.54, 1.807) is 12.4 Å². The molecule has 2 N–H and O–H groups in total. The van der Waals surface area contributed by atoms with Crippen molar-refractivity contribution in [3.05, 3.63) is 18.5 Å². The number of hydrogen-bond acceptors (Lipinski definition) is 8. The maximum atomic E-state index is 13.6. The molecule has 3 fully saturated rings. The summed E-state index contributed by atoms with van der Waals surface area (Å²) in [4.78, 5) is 22.1. The second-order valence-electron chi connectivity index (χ2n) is 7.40. The molecule has 0 unspecified atom stereocenters. The van der Waals surface area contributed by atoms with Crippen LogP contribution in [0.15, 0.2) is 18.5 Å². The molecule has 9 heteroatoms. The Kier molecular flexibility index (Phi) is 4.04. The average molecular weight is 371 g/mol. The number of nitrogen functional groups attached to an aromatic ring is 1. The summed E-state index contributed by atoms with van der Waals surface area (Å²) in [5.74, 6) is 1.74. The number of hydrogen-bond donors (Lipinski definition) is 1. The molecule has 8 nitrogen and oxygen atoms in total. The van der Waals surface area contributed by atoms with Gasteiger partial charge in [-0.05, 0) is 19.3 Å². The highest BCUT2D eigenvalue weighted by Gasteiger charge is 2.40. The molecule has 0 radical (unpaired) electrons. The number of nitrogens with two attached hydrogens (primary N) is 1. The van der Waals surface area contributed by atoms with Gasteiger partial charge >= 0.3 is 0 Å². The molecular formula is C18H22FN7O. The van der Waals surface area contributed by atoms with Crippen LogP contribution < -0.4 is 15.5 Å². The van der Waals surface area contributed by atoms with Crippen LogP contribution in [0.25, 0.3) is 11.3 Å². The number of rotatable bonds is 3. The highest BCUT2D eigenvalue weighted by molar-refractivity contribution is 5.64. The van der Waals surface area contributed by atoms with Gasteiger partial charge in [0.15, 0.2) is 0 Å². The summed E-state index contributed by atoms with van der Waals surface area (Å²) in [6.07, 6.45) is 4.94. The number of nitrogens with zero attached hydrogens (tertiary/aromatic N) is 6. The first-order valence-electron chi connectivity index (χ1n) is 9.40. The lowest BCUT2D eigenvalue weighted by molar-refractivity contribution is 0.0989. The summed E-state index contributed by atoms with van der Waals surface area (Å²) >= 11 is 0. The molecule has 27 heavy (non-hydrogen) atoms. The van der Waals surface area contributed by atoms with E-state index in [1.807, 2.05) is 6.07 Å².